The molecule has 1 aromatic carbocycles. The van der Waals surface area contributed by atoms with Crippen LogP contribution >= 0.6 is 0 Å². The molecule has 0 aliphatic carbocycles. The van der Waals surface area contributed by atoms with Gasteiger partial charge in [0.15, 0.2) is 5.82 Å². The molecule has 0 fully saturated rings. The Morgan fingerprint density at radius 2 is 1.86 bits per heavy atom. The van der Waals surface area contributed by atoms with E-state index < -0.39 is 17.6 Å². The van der Waals surface area contributed by atoms with Gasteiger partial charge in [0.2, 0.25) is 0 Å². The molecule has 0 radical (unpaired) electrons. The predicted octanol–water partition coefficient (Wildman–Crippen LogP) is 2.73. The van der Waals surface area contributed by atoms with Crippen molar-refractivity contribution in [2.75, 3.05) is 25.1 Å². The van der Waals surface area contributed by atoms with Crippen molar-refractivity contribution in [1.29, 1.82) is 0 Å². The van der Waals surface area contributed by atoms with Crippen LogP contribution in [0.15, 0.2) is 30.3 Å². The number of anilines is 1. The van der Waals surface area contributed by atoms with Gasteiger partial charge in [0.05, 0.1) is 17.9 Å². The number of nitrogens with zero attached hydrogens (tertiary/aromatic N) is 3. The fourth-order valence-corrected chi connectivity index (χ4v) is 1.89. The van der Waals surface area contributed by atoms with E-state index >= 15 is 0 Å². The molecule has 0 aliphatic rings. The van der Waals surface area contributed by atoms with E-state index in [-0.39, 0.29) is 17.9 Å². The maximum absolute atomic E-state index is 14.0. The molecule has 1 heterocycles. The monoisotopic (exact) mass is 315 g/mol. The SMILES string of the molecule is CN(CCO)c1ccc(-c2cccc(C(F)(F)F)c2F)nn1. The highest BCUT2D eigenvalue weighted by atomic mass is 19.4. The van der Waals surface area contributed by atoms with Gasteiger partial charge in [-0.05, 0) is 24.3 Å². The second-order valence-corrected chi connectivity index (χ2v) is 4.59. The van der Waals surface area contributed by atoms with E-state index in [1.54, 1.807) is 11.9 Å². The van der Waals surface area contributed by atoms with E-state index in [1.807, 2.05) is 0 Å². The van der Waals surface area contributed by atoms with E-state index in [9.17, 15) is 17.6 Å². The third-order valence-electron chi connectivity index (χ3n) is 3.06. The predicted molar refractivity (Wildman–Crippen MR) is 72.8 cm³/mol. The topological polar surface area (TPSA) is 49.2 Å². The Balaban J connectivity index is 2.37. The number of halogens is 4. The fourth-order valence-electron chi connectivity index (χ4n) is 1.89. The van der Waals surface area contributed by atoms with E-state index in [4.69, 9.17) is 5.11 Å². The Morgan fingerprint density at radius 1 is 1.14 bits per heavy atom. The second-order valence-electron chi connectivity index (χ2n) is 4.59. The van der Waals surface area contributed by atoms with Gasteiger partial charge < -0.3 is 10.0 Å². The lowest BCUT2D eigenvalue weighted by atomic mass is 10.1. The quantitative estimate of drug-likeness (QED) is 0.882. The fraction of sp³-hybridized carbons (Fsp3) is 0.286. The first-order chi connectivity index (χ1) is 10.3. The Bertz CT molecular complexity index is 644. The van der Waals surface area contributed by atoms with Crippen LogP contribution < -0.4 is 4.90 Å². The van der Waals surface area contributed by atoms with Gasteiger partial charge in [-0.1, -0.05) is 6.07 Å². The molecule has 0 unspecified atom stereocenters. The van der Waals surface area contributed by atoms with Crippen molar-refractivity contribution in [3.8, 4) is 11.3 Å². The van der Waals surface area contributed by atoms with Gasteiger partial charge >= 0.3 is 6.18 Å². The Morgan fingerprint density at radius 3 is 2.41 bits per heavy atom. The summed E-state index contributed by atoms with van der Waals surface area (Å²) in [6.45, 7) is 0.244. The van der Waals surface area contributed by atoms with Gasteiger partial charge in [-0.2, -0.15) is 13.2 Å². The first-order valence-electron chi connectivity index (χ1n) is 6.36. The summed E-state index contributed by atoms with van der Waals surface area (Å²) in [7, 11) is 1.67. The standard InChI is InChI=1S/C14H13F4N3O/c1-21(7-8-22)12-6-5-11(19-20-12)9-3-2-4-10(13(9)15)14(16,17)18/h2-6,22H,7-8H2,1H3. The van der Waals surface area contributed by atoms with Crippen LogP contribution in [-0.4, -0.2) is 35.5 Å². The minimum absolute atomic E-state index is 0.00440. The average Bonchev–Trinajstić information content (AvgIpc) is 2.47. The molecule has 0 aliphatic heterocycles. The largest absolute Gasteiger partial charge is 0.419 e. The molecule has 0 saturated carbocycles. The normalized spacial score (nSPS) is 11.5. The van der Waals surface area contributed by atoms with Gasteiger partial charge in [-0.15, -0.1) is 10.2 Å². The zero-order chi connectivity index (χ0) is 16.3. The first-order valence-corrected chi connectivity index (χ1v) is 6.36. The number of aliphatic hydroxyl groups excluding tert-OH is 1. The molecular weight excluding hydrogens is 302 g/mol. The molecule has 0 saturated heterocycles. The third kappa shape index (κ3) is 3.33. The summed E-state index contributed by atoms with van der Waals surface area (Å²) in [6.07, 6.45) is -4.77. The van der Waals surface area contributed by atoms with Crippen molar-refractivity contribution in [1.82, 2.24) is 10.2 Å². The lowest BCUT2D eigenvalue weighted by Crippen LogP contribution is -2.22. The van der Waals surface area contributed by atoms with Crippen LogP contribution in [0.25, 0.3) is 11.3 Å². The number of aliphatic hydroxyl groups is 1. The lowest BCUT2D eigenvalue weighted by molar-refractivity contribution is -0.139. The smallest absolute Gasteiger partial charge is 0.395 e. The number of benzene rings is 1. The minimum atomic E-state index is -4.77. The van der Waals surface area contributed by atoms with Crippen LogP contribution in [0.3, 0.4) is 0 Å². The van der Waals surface area contributed by atoms with E-state index in [2.05, 4.69) is 10.2 Å². The number of likely N-dealkylation sites (N-methyl/N-ethyl adjacent to an activating group) is 1. The van der Waals surface area contributed by atoms with Crippen LogP contribution in [0.5, 0.6) is 0 Å². The van der Waals surface area contributed by atoms with Crippen molar-refractivity contribution in [3.05, 3.63) is 41.7 Å². The first kappa shape index (κ1) is 16.2. The van der Waals surface area contributed by atoms with Crippen LogP contribution in [0, 0.1) is 5.82 Å². The summed E-state index contributed by atoms with van der Waals surface area (Å²) in [4.78, 5) is 1.61. The van der Waals surface area contributed by atoms with Gasteiger partial charge in [0, 0.05) is 19.2 Å². The van der Waals surface area contributed by atoms with Crippen molar-refractivity contribution in [2.45, 2.75) is 6.18 Å². The van der Waals surface area contributed by atoms with Gasteiger partial charge in [0.25, 0.3) is 0 Å². The Hall–Kier alpha value is -2.22. The maximum Gasteiger partial charge on any atom is 0.419 e. The molecule has 8 heteroatoms. The number of aromatic nitrogens is 2. The maximum atomic E-state index is 14.0. The highest BCUT2D eigenvalue weighted by molar-refractivity contribution is 5.62. The number of hydrogen-bond acceptors (Lipinski definition) is 4. The molecule has 1 N–H and O–H groups in total. The van der Waals surface area contributed by atoms with Gasteiger partial charge in [-0.3, -0.25) is 0 Å². The lowest BCUT2D eigenvalue weighted by Gasteiger charge is -2.16. The third-order valence-corrected chi connectivity index (χ3v) is 3.06. The molecule has 0 spiro atoms. The number of rotatable bonds is 4. The zero-order valence-corrected chi connectivity index (χ0v) is 11.6. The molecule has 2 aromatic rings. The molecule has 0 atom stereocenters. The number of alkyl halides is 3. The summed E-state index contributed by atoms with van der Waals surface area (Å²) in [5.41, 5.74) is -1.60. The van der Waals surface area contributed by atoms with Crippen LogP contribution in [-0.2, 0) is 6.18 Å². The minimum Gasteiger partial charge on any atom is -0.395 e. The van der Waals surface area contributed by atoms with Crippen molar-refractivity contribution < 1.29 is 22.7 Å². The van der Waals surface area contributed by atoms with Gasteiger partial charge in [-0.25, -0.2) is 4.39 Å². The Labute approximate surface area is 124 Å². The van der Waals surface area contributed by atoms with Crippen LogP contribution in [0.1, 0.15) is 5.56 Å². The van der Waals surface area contributed by atoms with E-state index in [0.717, 1.165) is 6.07 Å². The molecular formula is C14H13F4N3O. The summed E-state index contributed by atoms with van der Waals surface area (Å²) >= 11 is 0. The average molecular weight is 315 g/mol. The summed E-state index contributed by atoms with van der Waals surface area (Å²) in [5, 5.41) is 16.4. The van der Waals surface area contributed by atoms with E-state index in [1.165, 1.54) is 18.2 Å². The summed E-state index contributed by atoms with van der Waals surface area (Å²) < 4.78 is 52.1. The second kappa shape index (κ2) is 6.27. The van der Waals surface area contributed by atoms with Gasteiger partial charge in [0.1, 0.15) is 5.82 Å². The summed E-state index contributed by atoms with van der Waals surface area (Å²) in [6, 6.07) is 5.89. The van der Waals surface area contributed by atoms with Crippen molar-refractivity contribution in [2.24, 2.45) is 0 Å². The molecule has 22 heavy (non-hydrogen) atoms. The van der Waals surface area contributed by atoms with Crippen LogP contribution in [0.2, 0.25) is 0 Å². The van der Waals surface area contributed by atoms with Crippen molar-refractivity contribution >= 4 is 5.82 Å². The summed E-state index contributed by atoms with van der Waals surface area (Å²) in [5.74, 6) is -0.953. The molecule has 0 bridgehead atoms. The zero-order valence-electron chi connectivity index (χ0n) is 11.6. The highest BCUT2D eigenvalue weighted by Gasteiger charge is 2.35. The molecule has 4 nitrogen and oxygen atoms in total. The highest BCUT2D eigenvalue weighted by Crippen LogP contribution is 2.34. The van der Waals surface area contributed by atoms with Crippen molar-refractivity contribution in [3.63, 3.8) is 0 Å². The molecule has 118 valence electrons. The van der Waals surface area contributed by atoms with Crippen LogP contribution in [0.4, 0.5) is 23.4 Å². The number of hydrogen-bond donors (Lipinski definition) is 1. The molecule has 0 amide bonds. The molecule has 1 aromatic heterocycles. The molecule has 2 rings (SSSR count). The van der Waals surface area contributed by atoms with E-state index in [0.29, 0.717) is 18.4 Å². The Kier molecular flexibility index (Phi) is 4.60.